The van der Waals surface area contributed by atoms with E-state index in [9.17, 15) is 9.59 Å². The SMILES string of the molecule is CC(C)(C)OCC(=O)Nc1nc(CC(=O)O)cs1. The standard InChI is InChI=1S/C11H16N2O4S/c1-11(2,3)17-5-8(14)13-10-12-7(6-18-10)4-9(15)16/h6H,4-5H2,1-3H3,(H,15,16)(H,12,13,14). The molecule has 1 heterocycles. The van der Waals surface area contributed by atoms with Crippen molar-refractivity contribution in [2.24, 2.45) is 0 Å². The molecule has 2 N–H and O–H groups in total. The zero-order valence-corrected chi connectivity index (χ0v) is 11.3. The van der Waals surface area contributed by atoms with Crippen LogP contribution in [0.25, 0.3) is 0 Å². The third-order valence-corrected chi connectivity index (χ3v) is 2.57. The Hall–Kier alpha value is -1.47. The Labute approximate surface area is 109 Å². The predicted octanol–water partition coefficient (Wildman–Crippen LogP) is 1.52. The summed E-state index contributed by atoms with van der Waals surface area (Å²) in [5.41, 5.74) is 0.0499. The van der Waals surface area contributed by atoms with Crippen molar-refractivity contribution in [1.82, 2.24) is 4.98 Å². The third-order valence-electron chi connectivity index (χ3n) is 1.77. The molecule has 0 bridgehead atoms. The van der Waals surface area contributed by atoms with Crippen LogP contribution in [-0.2, 0) is 20.7 Å². The summed E-state index contributed by atoms with van der Waals surface area (Å²) < 4.78 is 5.31. The first-order valence-corrected chi connectivity index (χ1v) is 6.24. The lowest BCUT2D eigenvalue weighted by molar-refractivity contribution is -0.136. The van der Waals surface area contributed by atoms with Gasteiger partial charge in [-0.3, -0.25) is 14.9 Å². The summed E-state index contributed by atoms with van der Waals surface area (Å²) in [6, 6.07) is 0. The fraction of sp³-hybridized carbons (Fsp3) is 0.545. The van der Waals surface area contributed by atoms with Crippen LogP contribution in [0.3, 0.4) is 0 Å². The molecule has 0 fully saturated rings. The molecule has 0 saturated carbocycles. The van der Waals surface area contributed by atoms with Crippen LogP contribution in [0, 0.1) is 0 Å². The summed E-state index contributed by atoms with van der Waals surface area (Å²) in [4.78, 5) is 26.0. The maximum Gasteiger partial charge on any atom is 0.309 e. The molecule has 0 aliphatic heterocycles. The van der Waals surface area contributed by atoms with Gasteiger partial charge >= 0.3 is 5.97 Å². The fourth-order valence-corrected chi connectivity index (χ4v) is 1.76. The Morgan fingerprint density at radius 1 is 1.50 bits per heavy atom. The average molecular weight is 272 g/mol. The van der Waals surface area contributed by atoms with Gasteiger partial charge in [-0.2, -0.15) is 0 Å². The number of aromatic nitrogens is 1. The third kappa shape index (κ3) is 5.74. The molecule has 0 aliphatic rings. The number of carbonyl (C=O) groups excluding carboxylic acids is 1. The molecule has 1 aromatic heterocycles. The number of nitrogens with one attached hydrogen (secondary N) is 1. The molecule has 0 radical (unpaired) electrons. The Morgan fingerprint density at radius 3 is 2.72 bits per heavy atom. The number of hydrogen-bond acceptors (Lipinski definition) is 5. The largest absolute Gasteiger partial charge is 0.481 e. The summed E-state index contributed by atoms with van der Waals surface area (Å²) >= 11 is 1.19. The van der Waals surface area contributed by atoms with E-state index >= 15 is 0 Å². The Bertz CT molecular complexity index is 436. The first kappa shape index (κ1) is 14.6. The minimum Gasteiger partial charge on any atom is -0.481 e. The van der Waals surface area contributed by atoms with E-state index in [2.05, 4.69) is 10.3 Å². The average Bonchev–Trinajstić information content (AvgIpc) is 2.60. The first-order chi connectivity index (χ1) is 8.26. The van der Waals surface area contributed by atoms with E-state index in [0.717, 1.165) is 0 Å². The quantitative estimate of drug-likeness (QED) is 0.848. The molecule has 0 aromatic carbocycles. The van der Waals surface area contributed by atoms with Crippen molar-refractivity contribution in [3.05, 3.63) is 11.1 Å². The number of carboxylic acid groups (broad SMARTS) is 1. The highest BCUT2D eigenvalue weighted by atomic mass is 32.1. The molecule has 0 atom stereocenters. The van der Waals surface area contributed by atoms with Gasteiger partial charge in [0.15, 0.2) is 5.13 Å². The van der Waals surface area contributed by atoms with Crippen LogP contribution in [0.15, 0.2) is 5.38 Å². The van der Waals surface area contributed by atoms with E-state index < -0.39 is 5.97 Å². The molecule has 1 rings (SSSR count). The lowest BCUT2D eigenvalue weighted by atomic mass is 10.2. The second-order valence-electron chi connectivity index (χ2n) is 4.66. The van der Waals surface area contributed by atoms with E-state index in [1.165, 1.54) is 11.3 Å². The molecule has 0 spiro atoms. The molecule has 0 aliphatic carbocycles. The number of carboxylic acids is 1. The number of hydrogen-bond donors (Lipinski definition) is 2. The van der Waals surface area contributed by atoms with E-state index in [0.29, 0.717) is 10.8 Å². The van der Waals surface area contributed by atoms with Crippen LogP contribution < -0.4 is 5.32 Å². The van der Waals surface area contributed by atoms with Gasteiger partial charge < -0.3 is 9.84 Å². The summed E-state index contributed by atoms with van der Waals surface area (Å²) in [5.74, 6) is -1.25. The van der Waals surface area contributed by atoms with Gasteiger partial charge in [-0.05, 0) is 20.8 Å². The maximum absolute atomic E-state index is 11.5. The number of ether oxygens (including phenoxy) is 1. The van der Waals surface area contributed by atoms with Gasteiger partial charge in [0.05, 0.1) is 17.7 Å². The number of nitrogens with zero attached hydrogens (tertiary/aromatic N) is 1. The summed E-state index contributed by atoms with van der Waals surface area (Å²) in [6.45, 7) is 5.51. The zero-order chi connectivity index (χ0) is 13.8. The second-order valence-corrected chi connectivity index (χ2v) is 5.52. The highest BCUT2D eigenvalue weighted by Crippen LogP contribution is 2.16. The summed E-state index contributed by atoms with van der Waals surface area (Å²) in [5, 5.41) is 13.1. The van der Waals surface area contributed by atoms with Crippen molar-refractivity contribution in [2.75, 3.05) is 11.9 Å². The van der Waals surface area contributed by atoms with Crippen LogP contribution in [0.2, 0.25) is 0 Å². The lowest BCUT2D eigenvalue weighted by Gasteiger charge is -2.18. The molecule has 1 amide bonds. The number of carbonyl (C=O) groups is 2. The number of thiazole rings is 1. The number of anilines is 1. The molecule has 1 aromatic rings. The van der Waals surface area contributed by atoms with Gasteiger partial charge in [-0.15, -0.1) is 11.3 Å². The van der Waals surface area contributed by atoms with Crippen molar-refractivity contribution < 1.29 is 19.4 Å². The van der Waals surface area contributed by atoms with E-state index in [-0.39, 0.29) is 24.5 Å². The number of aliphatic carboxylic acids is 1. The molecular weight excluding hydrogens is 256 g/mol. The molecule has 18 heavy (non-hydrogen) atoms. The van der Waals surface area contributed by atoms with E-state index in [4.69, 9.17) is 9.84 Å². The Morgan fingerprint density at radius 2 is 2.17 bits per heavy atom. The van der Waals surface area contributed by atoms with Crippen LogP contribution in [-0.4, -0.2) is 34.2 Å². The second kappa shape index (κ2) is 5.92. The molecule has 7 heteroatoms. The fourth-order valence-electron chi connectivity index (χ4n) is 1.04. The highest BCUT2D eigenvalue weighted by Gasteiger charge is 2.14. The van der Waals surface area contributed by atoms with Gasteiger partial charge in [-0.1, -0.05) is 0 Å². The zero-order valence-electron chi connectivity index (χ0n) is 10.5. The first-order valence-electron chi connectivity index (χ1n) is 5.36. The number of rotatable bonds is 5. The predicted molar refractivity (Wildman–Crippen MR) is 67.8 cm³/mol. The van der Waals surface area contributed by atoms with Gasteiger partial charge in [0.2, 0.25) is 0 Å². The van der Waals surface area contributed by atoms with E-state index in [1.54, 1.807) is 5.38 Å². The van der Waals surface area contributed by atoms with Crippen LogP contribution in [0.5, 0.6) is 0 Å². The van der Waals surface area contributed by atoms with Crippen LogP contribution in [0.4, 0.5) is 5.13 Å². The summed E-state index contributed by atoms with van der Waals surface area (Å²) in [6.07, 6.45) is -0.148. The van der Waals surface area contributed by atoms with Crippen molar-refractivity contribution in [3.63, 3.8) is 0 Å². The van der Waals surface area contributed by atoms with Crippen molar-refractivity contribution >= 4 is 28.3 Å². The van der Waals surface area contributed by atoms with E-state index in [1.807, 2.05) is 20.8 Å². The normalized spacial score (nSPS) is 11.3. The van der Waals surface area contributed by atoms with Crippen molar-refractivity contribution in [3.8, 4) is 0 Å². The van der Waals surface area contributed by atoms with Gasteiger partial charge in [0.1, 0.15) is 6.61 Å². The Kier molecular flexibility index (Phi) is 4.80. The van der Waals surface area contributed by atoms with Gasteiger partial charge in [0.25, 0.3) is 5.91 Å². The molecular formula is C11H16N2O4S. The summed E-state index contributed by atoms with van der Waals surface area (Å²) in [7, 11) is 0. The molecule has 0 unspecified atom stereocenters. The minimum atomic E-state index is -0.950. The smallest absolute Gasteiger partial charge is 0.309 e. The monoisotopic (exact) mass is 272 g/mol. The lowest BCUT2D eigenvalue weighted by Crippen LogP contribution is -2.27. The van der Waals surface area contributed by atoms with Crippen LogP contribution >= 0.6 is 11.3 Å². The molecule has 100 valence electrons. The topological polar surface area (TPSA) is 88.5 Å². The highest BCUT2D eigenvalue weighted by molar-refractivity contribution is 7.13. The molecule has 0 saturated heterocycles. The minimum absolute atomic E-state index is 0.0582. The number of amides is 1. The van der Waals surface area contributed by atoms with Gasteiger partial charge in [-0.25, -0.2) is 4.98 Å². The van der Waals surface area contributed by atoms with Crippen molar-refractivity contribution in [2.45, 2.75) is 32.8 Å². The van der Waals surface area contributed by atoms with Crippen molar-refractivity contribution in [1.29, 1.82) is 0 Å². The van der Waals surface area contributed by atoms with Crippen LogP contribution in [0.1, 0.15) is 26.5 Å². The van der Waals surface area contributed by atoms with Gasteiger partial charge in [0, 0.05) is 5.38 Å². The Balaban J connectivity index is 2.45. The molecule has 6 nitrogen and oxygen atoms in total. The maximum atomic E-state index is 11.5.